The molecule has 2 saturated heterocycles. The molecule has 35 heavy (non-hydrogen) atoms. The maximum Gasteiger partial charge on any atom is 0.326 e. The van der Waals surface area contributed by atoms with Gasteiger partial charge in [-0.15, -0.1) is 0 Å². The van der Waals surface area contributed by atoms with Crippen molar-refractivity contribution in [2.75, 3.05) is 33.4 Å². The number of fused-ring (bicyclic) bond motifs is 2. The highest BCUT2D eigenvalue weighted by atomic mass is 16.5. The molecular formula is C26H32N6O3. The lowest BCUT2D eigenvalue weighted by molar-refractivity contribution is 0.106. The number of aromatic amines is 1. The molecule has 0 saturated carbocycles. The van der Waals surface area contributed by atoms with Crippen LogP contribution in [0.5, 0.6) is 5.75 Å². The van der Waals surface area contributed by atoms with E-state index in [0.717, 1.165) is 67.7 Å². The van der Waals surface area contributed by atoms with E-state index in [1.165, 1.54) is 11.9 Å². The van der Waals surface area contributed by atoms with Crippen molar-refractivity contribution in [3.63, 3.8) is 0 Å². The first-order valence-corrected chi connectivity index (χ1v) is 12.5. The molecule has 5 heterocycles. The van der Waals surface area contributed by atoms with Crippen molar-refractivity contribution in [1.29, 1.82) is 0 Å². The fourth-order valence-electron chi connectivity index (χ4n) is 5.81. The summed E-state index contributed by atoms with van der Waals surface area (Å²) < 4.78 is 15.0. The lowest BCUT2D eigenvalue weighted by atomic mass is 9.92. The fourth-order valence-corrected chi connectivity index (χ4v) is 5.81. The summed E-state index contributed by atoms with van der Waals surface area (Å²) in [6.07, 6.45) is 6.67. The molecule has 2 aliphatic heterocycles. The van der Waals surface area contributed by atoms with E-state index in [4.69, 9.17) is 9.47 Å². The molecule has 1 N–H and O–H groups in total. The molecule has 3 aromatic heterocycles. The number of methoxy groups -OCH3 is 1. The monoisotopic (exact) mass is 476 g/mol. The van der Waals surface area contributed by atoms with Gasteiger partial charge in [-0.05, 0) is 61.1 Å². The molecule has 0 amide bonds. The number of ether oxygens (including phenoxy) is 2. The third kappa shape index (κ3) is 3.83. The third-order valence-corrected chi connectivity index (χ3v) is 7.60. The quantitative estimate of drug-likeness (QED) is 0.473. The number of rotatable bonds is 5. The second-order valence-electron chi connectivity index (χ2n) is 10.0. The van der Waals surface area contributed by atoms with E-state index in [0.29, 0.717) is 17.4 Å². The molecule has 2 aliphatic rings. The van der Waals surface area contributed by atoms with Crippen LogP contribution in [0.4, 0.5) is 0 Å². The average Bonchev–Trinajstić information content (AvgIpc) is 3.61. The number of hydrogen-bond acceptors (Lipinski definition) is 6. The standard InChI is InChI=1S/C26H32N6O3/c1-16(2)20-11-23-22(10-21(20)17-9-24(34-3)25-27-15-28-31(25)12-17)29-26(33)32(23)18-5-4-7-30(13-18)19-6-8-35-14-19/h9-12,15-16,18-19H,4-8,13-14H2,1-3H3,(H,29,33)/t18-,19?/m1/s1. The number of piperidine rings is 1. The molecule has 6 rings (SSSR count). The third-order valence-electron chi connectivity index (χ3n) is 7.60. The first-order chi connectivity index (χ1) is 17.0. The normalized spacial score (nSPS) is 21.5. The average molecular weight is 477 g/mol. The Kier molecular flexibility index (Phi) is 5.61. The maximum atomic E-state index is 13.3. The SMILES string of the molecule is COc1cc(-c2cc3[nH]c(=O)n([C@@H]4CCCN(C5CCOC5)C4)c3cc2C(C)C)cn2ncnc12. The van der Waals surface area contributed by atoms with Crippen molar-refractivity contribution in [1.82, 2.24) is 29.0 Å². The molecule has 184 valence electrons. The van der Waals surface area contributed by atoms with Crippen LogP contribution in [-0.4, -0.2) is 68.5 Å². The number of nitrogens with zero attached hydrogens (tertiary/aromatic N) is 5. The molecule has 4 aromatic rings. The van der Waals surface area contributed by atoms with E-state index >= 15 is 0 Å². The summed E-state index contributed by atoms with van der Waals surface area (Å²) in [6, 6.07) is 6.92. The van der Waals surface area contributed by atoms with Gasteiger partial charge in [0, 0.05) is 31.0 Å². The van der Waals surface area contributed by atoms with Gasteiger partial charge in [0.05, 0.1) is 30.8 Å². The molecule has 0 spiro atoms. The molecular weight excluding hydrogens is 444 g/mol. The van der Waals surface area contributed by atoms with Gasteiger partial charge in [0.1, 0.15) is 6.33 Å². The Bertz CT molecular complexity index is 1430. The molecule has 2 fully saturated rings. The van der Waals surface area contributed by atoms with Gasteiger partial charge in [0.2, 0.25) is 0 Å². The molecule has 1 unspecified atom stereocenters. The van der Waals surface area contributed by atoms with Crippen LogP contribution in [0.1, 0.15) is 50.6 Å². The molecule has 2 atom stereocenters. The van der Waals surface area contributed by atoms with Crippen molar-refractivity contribution >= 4 is 16.7 Å². The number of aromatic nitrogens is 5. The van der Waals surface area contributed by atoms with E-state index in [1.807, 2.05) is 16.8 Å². The Balaban J connectivity index is 1.45. The molecule has 0 bridgehead atoms. The van der Waals surface area contributed by atoms with E-state index in [-0.39, 0.29) is 17.6 Å². The minimum Gasteiger partial charge on any atom is -0.493 e. The number of nitrogens with one attached hydrogen (secondary N) is 1. The van der Waals surface area contributed by atoms with Gasteiger partial charge in [-0.1, -0.05) is 13.8 Å². The number of H-pyrrole nitrogens is 1. The molecule has 0 aliphatic carbocycles. The van der Waals surface area contributed by atoms with Gasteiger partial charge in [0.15, 0.2) is 11.4 Å². The Morgan fingerprint density at radius 2 is 2.09 bits per heavy atom. The highest BCUT2D eigenvalue weighted by Gasteiger charge is 2.31. The summed E-state index contributed by atoms with van der Waals surface area (Å²) >= 11 is 0. The van der Waals surface area contributed by atoms with Gasteiger partial charge in [0.25, 0.3) is 0 Å². The summed E-state index contributed by atoms with van der Waals surface area (Å²) in [5.74, 6) is 0.933. The van der Waals surface area contributed by atoms with Crippen molar-refractivity contribution in [3.05, 3.63) is 46.8 Å². The minimum absolute atomic E-state index is 0.0364. The molecule has 9 heteroatoms. The molecule has 1 aromatic carbocycles. The Morgan fingerprint density at radius 3 is 2.86 bits per heavy atom. The number of hydrogen-bond donors (Lipinski definition) is 1. The molecule has 0 radical (unpaired) electrons. The van der Waals surface area contributed by atoms with Crippen molar-refractivity contribution in [2.45, 2.75) is 51.1 Å². The first-order valence-electron chi connectivity index (χ1n) is 12.5. The van der Waals surface area contributed by atoms with E-state index in [2.05, 4.69) is 45.9 Å². The lowest BCUT2D eigenvalue weighted by Crippen LogP contribution is -2.45. The van der Waals surface area contributed by atoms with Crippen LogP contribution in [0.25, 0.3) is 27.8 Å². The Hall–Kier alpha value is -3.17. The topological polar surface area (TPSA) is 89.7 Å². The van der Waals surface area contributed by atoms with Gasteiger partial charge < -0.3 is 14.5 Å². The predicted octanol–water partition coefficient (Wildman–Crippen LogP) is 3.60. The molecule has 9 nitrogen and oxygen atoms in total. The Labute approximate surface area is 203 Å². The van der Waals surface area contributed by atoms with Crippen molar-refractivity contribution in [2.24, 2.45) is 0 Å². The van der Waals surface area contributed by atoms with Crippen molar-refractivity contribution in [3.8, 4) is 16.9 Å². The second kappa shape index (κ2) is 8.80. The van der Waals surface area contributed by atoms with Gasteiger partial charge >= 0.3 is 5.69 Å². The van der Waals surface area contributed by atoms with Crippen LogP contribution < -0.4 is 10.4 Å². The first kappa shape index (κ1) is 22.3. The minimum atomic E-state index is -0.0364. The van der Waals surface area contributed by atoms with Crippen LogP contribution in [-0.2, 0) is 4.74 Å². The van der Waals surface area contributed by atoms with Crippen LogP contribution in [0, 0.1) is 0 Å². The number of pyridine rings is 1. The van der Waals surface area contributed by atoms with Gasteiger partial charge in [-0.2, -0.15) is 5.10 Å². The Morgan fingerprint density at radius 1 is 1.20 bits per heavy atom. The van der Waals surface area contributed by atoms with Crippen LogP contribution in [0.2, 0.25) is 0 Å². The zero-order valence-corrected chi connectivity index (χ0v) is 20.5. The fraction of sp³-hybridized carbons (Fsp3) is 0.500. The van der Waals surface area contributed by atoms with E-state index in [1.54, 1.807) is 11.6 Å². The van der Waals surface area contributed by atoms with Crippen molar-refractivity contribution < 1.29 is 9.47 Å². The maximum absolute atomic E-state index is 13.3. The zero-order valence-electron chi connectivity index (χ0n) is 20.5. The van der Waals surface area contributed by atoms with Crippen LogP contribution in [0.3, 0.4) is 0 Å². The van der Waals surface area contributed by atoms with Gasteiger partial charge in [-0.3, -0.25) is 9.47 Å². The van der Waals surface area contributed by atoms with Crippen LogP contribution in [0.15, 0.2) is 35.5 Å². The predicted molar refractivity (Wildman–Crippen MR) is 134 cm³/mol. The second-order valence-corrected chi connectivity index (χ2v) is 10.0. The van der Waals surface area contributed by atoms with Crippen LogP contribution >= 0.6 is 0 Å². The smallest absolute Gasteiger partial charge is 0.326 e. The summed E-state index contributed by atoms with van der Waals surface area (Å²) in [5, 5.41) is 4.32. The summed E-state index contributed by atoms with van der Waals surface area (Å²) in [7, 11) is 1.64. The summed E-state index contributed by atoms with van der Waals surface area (Å²) in [5.41, 5.74) is 5.69. The number of likely N-dealkylation sites (tertiary alicyclic amines) is 1. The largest absolute Gasteiger partial charge is 0.493 e. The lowest BCUT2D eigenvalue weighted by Gasteiger charge is -2.36. The zero-order chi connectivity index (χ0) is 24.1. The number of benzene rings is 1. The van der Waals surface area contributed by atoms with Gasteiger partial charge in [-0.25, -0.2) is 14.3 Å². The van der Waals surface area contributed by atoms with E-state index in [9.17, 15) is 4.79 Å². The summed E-state index contributed by atoms with van der Waals surface area (Å²) in [6.45, 7) is 7.98. The number of imidazole rings is 1. The highest BCUT2D eigenvalue weighted by Crippen LogP contribution is 2.36. The highest BCUT2D eigenvalue weighted by molar-refractivity contribution is 5.85. The van der Waals surface area contributed by atoms with E-state index < -0.39 is 0 Å². The summed E-state index contributed by atoms with van der Waals surface area (Å²) in [4.78, 5) is 23.2.